The molecule has 6 nitrogen and oxygen atoms in total. The minimum Gasteiger partial charge on any atom is -0.347 e. The molecule has 0 bridgehead atoms. The van der Waals surface area contributed by atoms with Crippen LogP contribution in [-0.2, 0) is 10.2 Å². The highest BCUT2D eigenvalue weighted by Gasteiger charge is 2.54. The van der Waals surface area contributed by atoms with Crippen molar-refractivity contribution in [3.8, 4) is 6.07 Å². The maximum atomic E-state index is 14.3. The van der Waals surface area contributed by atoms with E-state index < -0.39 is 23.2 Å². The molecule has 1 aliphatic carbocycles. The quantitative estimate of drug-likeness (QED) is 0.671. The molecule has 4 rings (SSSR count). The van der Waals surface area contributed by atoms with Crippen molar-refractivity contribution in [2.24, 2.45) is 0 Å². The van der Waals surface area contributed by atoms with Crippen molar-refractivity contribution in [3.05, 3.63) is 74.3 Å². The van der Waals surface area contributed by atoms with Crippen LogP contribution in [0, 0.1) is 36.8 Å². The van der Waals surface area contributed by atoms with Gasteiger partial charge in [-0.05, 0) is 62.9 Å². The van der Waals surface area contributed by atoms with Crippen LogP contribution in [0.2, 0.25) is 0 Å². The molecule has 0 aliphatic heterocycles. The van der Waals surface area contributed by atoms with Crippen molar-refractivity contribution >= 4 is 16.8 Å². The van der Waals surface area contributed by atoms with Gasteiger partial charge in [-0.1, -0.05) is 0 Å². The number of pyridine rings is 2. The molecule has 1 aromatic carbocycles. The summed E-state index contributed by atoms with van der Waals surface area (Å²) in [6, 6.07) is 4.92. The zero-order valence-corrected chi connectivity index (χ0v) is 17.3. The molecule has 0 saturated heterocycles. The number of nitrogens with one attached hydrogen (secondary N) is 2. The number of benzene rings is 1. The van der Waals surface area contributed by atoms with Gasteiger partial charge in [-0.3, -0.25) is 14.6 Å². The molecule has 1 fully saturated rings. The summed E-state index contributed by atoms with van der Waals surface area (Å²) >= 11 is 0. The van der Waals surface area contributed by atoms with Gasteiger partial charge in [-0.15, -0.1) is 0 Å². The fraction of sp³-hybridized carbons (Fsp3) is 0.304. The standard InChI is InChI=1S/C23H20F2N4O2/c1-11-15(24)4-5-17-18(11)12(2)19(21(30)29-17)23(6-7-23)22(31)28-13(3)20-16(25)8-14(9-26)10-27-20/h4-5,8,10,13H,6-7H2,1-3H3,(H,28,31)(H,29,30)/t13-/m0/s1. The van der Waals surface area contributed by atoms with Crippen LogP contribution in [0.15, 0.2) is 29.2 Å². The van der Waals surface area contributed by atoms with Gasteiger partial charge in [0.1, 0.15) is 17.7 Å². The van der Waals surface area contributed by atoms with Crippen LogP contribution in [0.5, 0.6) is 0 Å². The zero-order chi connectivity index (χ0) is 22.5. The maximum Gasteiger partial charge on any atom is 0.252 e. The summed E-state index contributed by atoms with van der Waals surface area (Å²) < 4.78 is 28.5. The van der Waals surface area contributed by atoms with Crippen LogP contribution >= 0.6 is 0 Å². The topological polar surface area (TPSA) is 98.6 Å². The minimum atomic E-state index is -1.05. The van der Waals surface area contributed by atoms with Crippen molar-refractivity contribution < 1.29 is 13.6 Å². The molecule has 2 N–H and O–H groups in total. The Kier molecular flexibility index (Phi) is 4.85. The highest BCUT2D eigenvalue weighted by molar-refractivity contribution is 5.95. The van der Waals surface area contributed by atoms with Gasteiger partial charge in [-0.25, -0.2) is 8.78 Å². The van der Waals surface area contributed by atoms with Crippen molar-refractivity contribution in [1.82, 2.24) is 15.3 Å². The molecular weight excluding hydrogens is 402 g/mol. The first-order chi connectivity index (χ1) is 14.7. The van der Waals surface area contributed by atoms with Gasteiger partial charge in [0.2, 0.25) is 5.91 Å². The molecule has 1 saturated carbocycles. The average Bonchev–Trinajstić information content (AvgIpc) is 3.52. The van der Waals surface area contributed by atoms with E-state index in [2.05, 4.69) is 15.3 Å². The molecule has 158 valence electrons. The van der Waals surface area contributed by atoms with Gasteiger partial charge in [-0.2, -0.15) is 5.26 Å². The van der Waals surface area contributed by atoms with Crippen LogP contribution in [0.3, 0.4) is 0 Å². The molecule has 3 aromatic rings. The summed E-state index contributed by atoms with van der Waals surface area (Å²) in [7, 11) is 0. The lowest BCUT2D eigenvalue weighted by molar-refractivity contribution is -0.124. The number of aromatic nitrogens is 2. The molecule has 0 spiro atoms. The Morgan fingerprint density at radius 2 is 1.97 bits per heavy atom. The van der Waals surface area contributed by atoms with Crippen LogP contribution in [0.4, 0.5) is 8.78 Å². The molecule has 2 aromatic heterocycles. The van der Waals surface area contributed by atoms with Crippen LogP contribution < -0.4 is 10.9 Å². The predicted molar refractivity (Wildman–Crippen MR) is 110 cm³/mol. The molecule has 1 amide bonds. The maximum absolute atomic E-state index is 14.3. The Balaban J connectivity index is 1.72. The second-order valence-electron chi connectivity index (χ2n) is 8.03. The van der Waals surface area contributed by atoms with Gasteiger partial charge < -0.3 is 10.3 Å². The largest absolute Gasteiger partial charge is 0.347 e. The number of hydrogen-bond donors (Lipinski definition) is 2. The van der Waals surface area contributed by atoms with Gasteiger partial charge >= 0.3 is 0 Å². The Hall–Kier alpha value is -3.60. The Bertz CT molecular complexity index is 1340. The average molecular weight is 422 g/mol. The number of hydrogen-bond acceptors (Lipinski definition) is 4. The Morgan fingerprint density at radius 1 is 1.26 bits per heavy atom. The smallest absolute Gasteiger partial charge is 0.252 e. The van der Waals surface area contributed by atoms with E-state index in [9.17, 15) is 18.4 Å². The molecular formula is C23H20F2N4O2. The van der Waals surface area contributed by atoms with Crippen molar-refractivity contribution in [2.45, 2.75) is 45.1 Å². The normalized spacial score (nSPS) is 15.4. The second-order valence-corrected chi connectivity index (χ2v) is 8.03. The monoisotopic (exact) mass is 422 g/mol. The van der Waals surface area contributed by atoms with Gasteiger partial charge in [0.25, 0.3) is 5.56 Å². The number of amides is 1. The van der Waals surface area contributed by atoms with E-state index in [4.69, 9.17) is 5.26 Å². The number of aromatic amines is 1. The lowest BCUT2D eigenvalue weighted by Gasteiger charge is -2.22. The second kappa shape index (κ2) is 7.27. The molecule has 1 atom stereocenters. The van der Waals surface area contributed by atoms with Crippen molar-refractivity contribution in [2.75, 3.05) is 0 Å². The molecule has 0 radical (unpaired) electrons. The van der Waals surface area contributed by atoms with Crippen LogP contribution in [-0.4, -0.2) is 15.9 Å². The number of aryl methyl sites for hydroxylation is 2. The predicted octanol–water partition coefficient (Wildman–Crippen LogP) is 3.60. The number of fused-ring (bicyclic) bond motifs is 1. The van der Waals surface area contributed by atoms with Crippen molar-refractivity contribution in [1.29, 1.82) is 5.26 Å². The summed E-state index contributed by atoms with van der Waals surface area (Å²) in [6.07, 6.45) is 2.15. The van der Waals surface area contributed by atoms with Crippen LogP contribution in [0.25, 0.3) is 10.9 Å². The third-order valence-corrected chi connectivity index (χ3v) is 6.04. The minimum absolute atomic E-state index is 0.00482. The summed E-state index contributed by atoms with van der Waals surface area (Å²) in [6.45, 7) is 4.94. The fourth-order valence-electron chi connectivity index (χ4n) is 4.28. The van der Waals surface area contributed by atoms with Gasteiger partial charge in [0.15, 0.2) is 0 Å². The highest BCUT2D eigenvalue weighted by atomic mass is 19.1. The number of carbonyl (C=O) groups is 1. The number of halogens is 2. The molecule has 2 heterocycles. The van der Waals surface area contributed by atoms with Gasteiger partial charge in [0, 0.05) is 22.7 Å². The number of carbonyl (C=O) groups excluding carboxylic acids is 1. The summed E-state index contributed by atoms with van der Waals surface area (Å²) in [4.78, 5) is 32.8. The summed E-state index contributed by atoms with van der Waals surface area (Å²) in [5.74, 6) is -1.49. The van der Waals surface area contributed by atoms with E-state index in [1.54, 1.807) is 20.8 Å². The van der Waals surface area contributed by atoms with Gasteiger partial charge in [0.05, 0.1) is 22.7 Å². The fourth-order valence-corrected chi connectivity index (χ4v) is 4.28. The Morgan fingerprint density at radius 3 is 2.58 bits per heavy atom. The van der Waals surface area contributed by atoms with E-state index in [-0.39, 0.29) is 22.6 Å². The van der Waals surface area contributed by atoms with Crippen molar-refractivity contribution in [3.63, 3.8) is 0 Å². The lowest BCUT2D eigenvalue weighted by Crippen LogP contribution is -2.40. The molecule has 8 heteroatoms. The first-order valence-corrected chi connectivity index (χ1v) is 9.88. The van der Waals surface area contributed by atoms with E-state index >= 15 is 0 Å². The number of H-pyrrole nitrogens is 1. The SMILES string of the molecule is Cc1c(F)ccc2[nH]c(=O)c(C3(C(=O)N[C@@H](C)c4ncc(C#N)cc4F)CC3)c(C)c12. The third kappa shape index (κ3) is 3.26. The zero-order valence-electron chi connectivity index (χ0n) is 17.3. The van der Waals surface area contributed by atoms with E-state index in [0.29, 0.717) is 40.4 Å². The first-order valence-electron chi connectivity index (χ1n) is 9.88. The number of nitrogens with zero attached hydrogens (tertiary/aromatic N) is 2. The third-order valence-electron chi connectivity index (χ3n) is 6.04. The molecule has 31 heavy (non-hydrogen) atoms. The molecule has 1 aliphatic rings. The van der Waals surface area contributed by atoms with E-state index in [0.717, 1.165) is 6.07 Å². The number of nitriles is 1. The summed E-state index contributed by atoms with van der Waals surface area (Å²) in [5, 5.41) is 12.2. The highest BCUT2D eigenvalue weighted by Crippen LogP contribution is 2.49. The summed E-state index contributed by atoms with van der Waals surface area (Å²) in [5.41, 5.74) is 0.440. The van der Waals surface area contributed by atoms with Crippen LogP contribution in [0.1, 0.15) is 53.8 Å². The Labute approximate surface area is 176 Å². The molecule has 0 unspecified atom stereocenters. The number of rotatable bonds is 4. The van der Waals surface area contributed by atoms with E-state index in [1.807, 2.05) is 6.07 Å². The first kappa shape index (κ1) is 20.7. The van der Waals surface area contributed by atoms with E-state index in [1.165, 1.54) is 18.3 Å². The lowest BCUT2D eigenvalue weighted by atomic mass is 9.88.